The normalized spacial score (nSPS) is 19.0. The molecule has 2 aliphatic rings. The van der Waals surface area contributed by atoms with Crippen LogP contribution in [0.15, 0.2) is 78.9 Å². The lowest BCUT2D eigenvalue weighted by Crippen LogP contribution is -2.52. The zero-order valence-corrected chi connectivity index (χ0v) is 20.3. The van der Waals surface area contributed by atoms with Gasteiger partial charge in [0.25, 0.3) is 11.8 Å². The van der Waals surface area contributed by atoms with Gasteiger partial charge in [0.2, 0.25) is 0 Å². The summed E-state index contributed by atoms with van der Waals surface area (Å²) < 4.78 is 0. The molecular weight excluding hydrogens is 492 g/mol. The predicted molar refractivity (Wildman–Crippen MR) is 137 cm³/mol. The highest BCUT2D eigenvalue weighted by atomic mass is 35.5. The topological polar surface area (TPSA) is 103 Å². The van der Waals surface area contributed by atoms with E-state index in [-0.39, 0.29) is 36.4 Å². The van der Waals surface area contributed by atoms with Crippen LogP contribution >= 0.6 is 11.6 Å². The Labute approximate surface area is 217 Å². The first-order valence-electron chi connectivity index (χ1n) is 11.7. The zero-order chi connectivity index (χ0) is 25.7. The van der Waals surface area contributed by atoms with E-state index >= 15 is 0 Å². The summed E-state index contributed by atoms with van der Waals surface area (Å²) in [6, 6.07) is 22.0. The van der Waals surface area contributed by atoms with E-state index in [1.807, 2.05) is 30.3 Å². The number of pyridine rings is 1. The third kappa shape index (κ3) is 3.77. The van der Waals surface area contributed by atoms with Crippen LogP contribution in [-0.2, 0) is 23.4 Å². The molecule has 3 heterocycles. The first kappa shape index (κ1) is 23.0. The quantitative estimate of drug-likeness (QED) is 0.308. The van der Waals surface area contributed by atoms with Gasteiger partial charge in [0.1, 0.15) is 10.9 Å². The number of rotatable bonds is 5. The fraction of sp³-hybridized carbons (Fsp3) is 0.143. The van der Waals surface area contributed by atoms with Crippen molar-refractivity contribution >= 4 is 40.3 Å². The molecule has 0 bridgehead atoms. The number of para-hydroxylation sites is 1. The van der Waals surface area contributed by atoms with Crippen molar-refractivity contribution in [2.75, 3.05) is 6.54 Å². The van der Waals surface area contributed by atoms with E-state index in [4.69, 9.17) is 11.6 Å². The van der Waals surface area contributed by atoms with Gasteiger partial charge in [0, 0.05) is 17.5 Å². The number of aromatic nitrogens is 1. The minimum Gasteiger partial charge on any atom is -0.508 e. The largest absolute Gasteiger partial charge is 0.508 e. The Bertz CT molecular complexity index is 1590. The average molecular weight is 513 g/mol. The van der Waals surface area contributed by atoms with Crippen LogP contribution in [0.4, 0.5) is 4.79 Å². The van der Waals surface area contributed by atoms with Crippen LogP contribution in [0.5, 0.6) is 5.75 Å². The highest BCUT2D eigenvalue weighted by molar-refractivity contribution is 6.30. The molecule has 1 aromatic heterocycles. The van der Waals surface area contributed by atoms with Crippen molar-refractivity contribution in [3.63, 3.8) is 0 Å². The molecule has 37 heavy (non-hydrogen) atoms. The summed E-state index contributed by atoms with van der Waals surface area (Å²) in [5.41, 5.74) is 1.57. The second-order valence-electron chi connectivity index (χ2n) is 9.22. The molecule has 0 spiro atoms. The van der Waals surface area contributed by atoms with Crippen LogP contribution in [0.2, 0.25) is 5.15 Å². The third-order valence-electron chi connectivity index (χ3n) is 6.94. The number of urea groups is 1. The second kappa shape index (κ2) is 8.60. The lowest BCUT2D eigenvalue weighted by Gasteiger charge is -2.32. The highest BCUT2D eigenvalue weighted by Crippen LogP contribution is 2.35. The molecule has 4 amide bonds. The van der Waals surface area contributed by atoms with Crippen LogP contribution in [0, 0.1) is 0 Å². The van der Waals surface area contributed by atoms with Gasteiger partial charge < -0.3 is 15.3 Å². The lowest BCUT2D eigenvalue weighted by atomic mass is 9.89. The molecule has 8 nitrogen and oxygen atoms in total. The van der Waals surface area contributed by atoms with Crippen molar-refractivity contribution < 1.29 is 19.5 Å². The number of carbonyl (C=O) groups excluding carboxylic acids is 3. The Morgan fingerprint density at radius 2 is 1.73 bits per heavy atom. The Hall–Kier alpha value is -4.43. The number of phenols is 1. The number of fused-ring (bicyclic) bond motifs is 2. The number of halogens is 1. The number of hydrogen-bond acceptors (Lipinski definition) is 5. The Morgan fingerprint density at radius 3 is 2.54 bits per heavy atom. The standard InChI is InChI=1S/C28H21ClN4O4/c29-24-13-18(21-8-4-5-9-23(21)30-24)15-33-26(36)28(31-27(33)37,19-6-2-1-3-7-19)16-32-14-17-12-20(34)10-11-22(17)25(32)35/h1-13,34H,14-16H2,(H,31,37). The van der Waals surface area contributed by atoms with Gasteiger partial charge in [0.15, 0.2) is 5.54 Å². The number of carbonyl (C=O) groups is 3. The van der Waals surface area contributed by atoms with Crippen LogP contribution < -0.4 is 5.32 Å². The van der Waals surface area contributed by atoms with E-state index < -0.39 is 17.5 Å². The summed E-state index contributed by atoms with van der Waals surface area (Å²) in [6.45, 7) is 0.138. The van der Waals surface area contributed by atoms with Gasteiger partial charge in [-0.3, -0.25) is 14.5 Å². The molecule has 2 aliphatic heterocycles. The minimum absolute atomic E-state index is 0.00987. The number of hydrogen-bond donors (Lipinski definition) is 2. The Kier molecular flexibility index (Phi) is 5.35. The zero-order valence-electron chi connectivity index (χ0n) is 19.5. The molecule has 6 rings (SSSR count). The predicted octanol–water partition coefficient (Wildman–Crippen LogP) is 4.20. The molecule has 9 heteroatoms. The minimum atomic E-state index is -1.48. The fourth-order valence-electron chi connectivity index (χ4n) is 5.18. The molecule has 2 N–H and O–H groups in total. The van der Waals surface area contributed by atoms with Gasteiger partial charge in [-0.05, 0) is 47.0 Å². The molecule has 0 aliphatic carbocycles. The molecule has 1 fully saturated rings. The maximum absolute atomic E-state index is 14.1. The van der Waals surface area contributed by atoms with E-state index in [0.717, 1.165) is 10.3 Å². The number of amides is 4. The monoisotopic (exact) mass is 512 g/mol. The summed E-state index contributed by atoms with van der Waals surface area (Å²) in [5.74, 6) is -0.670. The smallest absolute Gasteiger partial charge is 0.325 e. The number of imide groups is 1. The molecular formula is C28H21ClN4O4. The van der Waals surface area contributed by atoms with Crippen LogP contribution in [0.1, 0.15) is 27.0 Å². The average Bonchev–Trinajstić information content (AvgIpc) is 3.32. The van der Waals surface area contributed by atoms with Crippen LogP contribution in [0.25, 0.3) is 10.9 Å². The van der Waals surface area contributed by atoms with Crippen molar-refractivity contribution in [1.29, 1.82) is 0 Å². The molecule has 184 valence electrons. The molecule has 0 saturated carbocycles. The third-order valence-corrected chi connectivity index (χ3v) is 7.13. The van der Waals surface area contributed by atoms with Gasteiger partial charge in [-0.2, -0.15) is 0 Å². The van der Waals surface area contributed by atoms with Gasteiger partial charge in [0.05, 0.1) is 18.6 Å². The molecule has 1 atom stereocenters. The van der Waals surface area contributed by atoms with E-state index in [1.165, 1.54) is 11.0 Å². The van der Waals surface area contributed by atoms with Gasteiger partial charge >= 0.3 is 6.03 Å². The maximum Gasteiger partial charge on any atom is 0.325 e. The molecule has 1 saturated heterocycles. The van der Waals surface area contributed by atoms with Crippen LogP contribution in [-0.4, -0.2) is 44.3 Å². The highest BCUT2D eigenvalue weighted by Gasteiger charge is 2.54. The summed E-state index contributed by atoms with van der Waals surface area (Å²) in [6.07, 6.45) is 0. The first-order chi connectivity index (χ1) is 17.9. The summed E-state index contributed by atoms with van der Waals surface area (Å²) >= 11 is 6.24. The lowest BCUT2D eigenvalue weighted by molar-refractivity contribution is -0.132. The number of aromatic hydroxyl groups is 1. The fourth-order valence-corrected chi connectivity index (χ4v) is 5.40. The number of benzene rings is 3. The number of nitrogens with zero attached hydrogens (tertiary/aromatic N) is 3. The van der Waals surface area contributed by atoms with E-state index in [0.29, 0.717) is 27.8 Å². The van der Waals surface area contributed by atoms with E-state index in [9.17, 15) is 19.5 Å². The van der Waals surface area contributed by atoms with Gasteiger partial charge in [-0.25, -0.2) is 9.78 Å². The van der Waals surface area contributed by atoms with E-state index in [2.05, 4.69) is 10.3 Å². The number of phenolic OH excluding ortho intramolecular Hbond substituents is 1. The molecule has 1 unspecified atom stereocenters. The second-order valence-corrected chi connectivity index (χ2v) is 9.60. The molecule has 0 radical (unpaired) electrons. The van der Waals surface area contributed by atoms with Crippen molar-refractivity contribution in [1.82, 2.24) is 20.1 Å². The Morgan fingerprint density at radius 1 is 0.973 bits per heavy atom. The summed E-state index contributed by atoms with van der Waals surface area (Å²) in [4.78, 5) is 47.6. The first-order valence-corrected chi connectivity index (χ1v) is 12.1. The van der Waals surface area contributed by atoms with Crippen molar-refractivity contribution in [2.45, 2.75) is 18.6 Å². The van der Waals surface area contributed by atoms with Crippen molar-refractivity contribution in [2.24, 2.45) is 0 Å². The Balaban J connectivity index is 1.38. The SMILES string of the molecule is O=C1c2ccc(O)cc2CN1CC1(c2ccccc2)NC(=O)N(Cc2cc(Cl)nc3ccccc23)C1=O. The van der Waals surface area contributed by atoms with Gasteiger partial charge in [-0.1, -0.05) is 60.1 Å². The van der Waals surface area contributed by atoms with Gasteiger partial charge in [-0.15, -0.1) is 0 Å². The molecule has 3 aromatic carbocycles. The van der Waals surface area contributed by atoms with E-state index in [1.54, 1.807) is 42.5 Å². The molecule has 4 aromatic rings. The van der Waals surface area contributed by atoms with Crippen LogP contribution in [0.3, 0.4) is 0 Å². The van der Waals surface area contributed by atoms with Crippen molar-refractivity contribution in [3.8, 4) is 5.75 Å². The number of nitrogens with one attached hydrogen (secondary N) is 1. The summed E-state index contributed by atoms with van der Waals surface area (Å²) in [5, 5.41) is 13.8. The summed E-state index contributed by atoms with van der Waals surface area (Å²) in [7, 11) is 0. The van der Waals surface area contributed by atoms with Crippen molar-refractivity contribution in [3.05, 3.63) is 106 Å². The maximum atomic E-state index is 14.1.